The predicted molar refractivity (Wildman–Crippen MR) is 67.4 cm³/mol. The van der Waals surface area contributed by atoms with Crippen molar-refractivity contribution in [2.75, 3.05) is 14.1 Å². The third kappa shape index (κ3) is 2.42. The molecule has 0 atom stereocenters. The Kier molecular flexibility index (Phi) is 3.45. The first-order valence-corrected chi connectivity index (χ1v) is 5.84. The van der Waals surface area contributed by atoms with Crippen LogP contribution in [0, 0.1) is 0 Å². The van der Waals surface area contributed by atoms with Crippen LogP contribution < -0.4 is 5.69 Å². The fourth-order valence-electron chi connectivity index (χ4n) is 1.72. The first-order valence-electron chi connectivity index (χ1n) is 5.84. The van der Waals surface area contributed by atoms with Gasteiger partial charge in [-0.25, -0.2) is 9.48 Å². The van der Waals surface area contributed by atoms with Crippen molar-refractivity contribution in [2.45, 2.75) is 19.4 Å². The minimum Gasteiger partial charge on any atom is -0.349 e. The van der Waals surface area contributed by atoms with Crippen LogP contribution in [0.15, 0.2) is 29.2 Å². The van der Waals surface area contributed by atoms with Gasteiger partial charge in [0.15, 0.2) is 5.65 Å². The number of amides is 1. The van der Waals surface area contributed by atoms with Crippen LogP contribution in [0.2, 0.25) is 0 Å². The summed E-state index contributed by atoms with van der Waals surface area (Å²) in [6.45, 7) is 0.458. The number of aryl methyl sites for hydroxylation is 1. The Morgan fingerprint density at radius 1 is 1.39 bits per heavy atom. The van der Waals surface area contributed by atoms with Crippen LogP contribution in [-0.2, 0) is 11.3 Å². The minimum absolute atomic E-state index is 0.0619. The molecule has 0 fully saturated rings. The summed E-state index contributed by atoms with van der Waals surface area (Å²) < 4.78 is 2.89. The summed E-state index contributed by atoms with van der Waals surface area (Å²) in [5, 5.41) is 4.20. The standard InChI is InChI=1S/C12H16N4O2/c1-14(2)11(17)7-5-9-16-12(18)15-8-4-3-6-10(15)13-16/h3-4,6,8H,5,7,9H2,1-2H3. The molecular formula is C12H16N4O2. The van der Waals surface area contributed by atoms with Gasteiger partial charge in [-0.1, -0.05) is 6.07 Å². The van der Waals surface area contributed by atoms with Gasteiger partial charge in [-0.05, 0) is 18.6 Å². The molecule has 0 aliphatic heterocycles. The summed E-state index contributed by atoms with van der Waals surface area (Å²) in [6.07, 6.45) is 2.72. The molecule has 0 bridgehead atoms. The molecule has 0 unspecified atom stereocenters. The Balaban J connectivity index is 2.06. The van der Waals surface area contributed by atoms with Crippen LogP contribution in [0.3, 0.4) is 0 Å². The quantitative estimate of drug-likeness (QED) is 0.785. The van der Waals surface area contributed by atoms with E-state index in [2.05, 4.69) is 5.10 Å². The lowest BCUT2D eigenvalue weighted by molar-refractivity contribution is -0.128. The Morgan fingerprint density at radius 3 is 2.83 bits per heavy atom. The summed E-state index contributed by atoms with van der Waals surface area (Å²) in [5.41, 5.74) is 0.462. The first kappa shape index (κ1) is 12.3. The van der Waals surface area contributed by atoms with E-state index < -0.39 is 0 Å². The van der Waals surface area contributed by atoms with Crippen LogP contribution in [0.25, 0.3) is 5.65 Å². The largest absolute Gasteiger partial charge is 0.350 e. The lowest BCUT2D eigenvalue weighted by Gasteiger charge is -2.09. The smallest absolute Gasteiger partial charge is 0.349 e. The number of carbonyl (C=O) groups is 1. The summed E-state index contributed by atoms with van der Waals surface area (Å²) in [6, 6.07) is 5.40. The van der Waals surface area contributed by atoms with Crippen molar-refractivity contribution < 1.29 is 4.79 Å². The molecule has 0 aromatic carbocycles. The van der Waals surface area contributed by atoms with E-state index in [0.717, 1.165) is 0 Å². The van der Waals surface area contributed by atoms with Gasteiger partial charge >= 0.3 is 5.69 Å². The first-order chi connectivity index (χ1) is 8.59. The van der Waals surface area contributed by atoms with Gasteiger partial charge in [-0.2, -0.15) is 0 Å². The Bertz CT molecular complexity index is 612. The predicted octanol–water partition coefficient (Wildman–Crippen LogP) is 0.364. The zero-order chi connectivity index (χ0) is 13.1. The second-order valence-electron chi connectivity index (χ2n) is 4.33. The van der Waals surface area contributed by atoms with E-state index in [9.17, 15) is 9.59 Å². The van der Waals surface area contributed by atoms with E-state index in [1.165, 1.54) is 9.08 Å². The molecule has 0 aliphatic carbocycles. The van der Waals surface area contributed by atoms with Crippen LogP contribution in [0.1, 0.15) is 12.8 Å². The van der Waals surface area contributed by atoms with E-state index in [1.807, 2.05) is 6.07 Å². The van der Waals surface area contributed by atoms with Crippen LogP contribution in [-0.4, -0.2) is 39.1 Å². The Morgan fingerprint density at radius 2 is 2.17 bits per heavy atom. The maximum absolute atomic E-state index is 11.9. The highest BCUT2D eigenvalue weighted by molar-refractivity contribution is 5.75. The highest BCUT2D eigenvalue weighted by atomic mass is 16.2. The van der Waals surface area contributed by atoms with Crippen molar-refractivity contribution in [1.82, 2.24) is 19.1 Å². The van der Waals surface area contributed by atoms with E-state index in [0.29, 0.717) is 25.0 Å². The number of rotatable bonds is 4. The van der Waals surface area contributed by atoms with E-state index in [-0.39, 0.29) is 11.6 Å². The molecule has 0 aliphatic rings. The molecular weight excluding hydrogens is 232 g/mol. The van der Waals surface area contributed by atoms with Gasteiger partial charge in [0.25, 0.3) is 0 Å². The van der Waals surface area contributed by atoms with E-state index in [4.69, 9.17) is 0 Å². The van der Waals surface area contributed by atoms with Gasteiger partial charge in [0.1, 0.15) is 0 Å². The number of fused-ring (bicyclic) bond motifs is 1. The normalized spacial score (nSPS) is 10.8. The molecule has 6 nitrogen and oxygen atoms in total. The molecule has 96 valence electrons. The SMILES string of the molecule is CN(C)C(=O)CCCn1nc2ccccn2c1=O. The third-order valence-electron chi connectivity index (χ3n) is 2.75. The highest BCUT2D eigenvalue weighted by Gasteiger charge is 2.07. The molecule has 2 heterocycles. The number of carbonyl (C=O) groups excluding carboxylic acids is 1. The third-order valence-corrected chi connectivity index (χ3v) is 2.75. The second kappa shape index (κ2) is 5.03. The lowest BCUT2D eigenvalue weighted by atomic mass is 10.3. The number of hydrogen-bond acceptors (Lipinski definition) is 3. The summed E-state index contributed by atoms with van der Waals surface area (Å²) >= 11 is 0. The van der Waals surface area contributed by atoms with Crippen molar-refractivity contribution >= 4 is 11.6 Å². The maximum atomic E-state index is 11.9. The second-order valence-corrected chi connectivity index (χ2v) is 4.33. The molecule has 2 aromatic rings. The molecule has 0 radical (unpaired) electrons. The average Bonchev–Trinajstić information content (AvgIpc) is 2.67. The number of aromatic nitrogens is 3. The number of hydrogen-bond donors (Lipinski definition) is 0. The van der Waals surface area contributed by atoms with Crippen molar-refractivity contribution in [2.24, 2.45) is 0 Å². The van der Waals surface area contributed by atoms with Gasteiger partial charge in [-0.3, -0.25) is 9.20 Å². The van der Waals surface area contributed by atoms with Gasteiger partial charge in [-0.15, -0.1) is 5.10 Å². The van der Waals surface area contributed by atoms with Crippen molar-refractivity contribution in [3.05, 3.63) is 34.9 Å². The maximum Gasteiger partial charge on any atom is 0.350 e. The van der Waals surface area contributed by atoms with Crippen LogP contribution >= 0.6 is 0 Å². The molecule has 0 saturated carbocycles. The van der Waals surface area contributed by atoms with E-state index in [1.54, 1.807) is 37.3 Å². The Hall–Kier alpha value is -2.11. The van der Waals surface area contributed by atoms with Crippen molar-refractivity contribution in [1.29, 1.82) is 0 Å². The number of pyridine rings is 1. The number of nitrogens with zero attached hydrogens (tertiary/aromatic N) is 4. The molecule has 0 saturated heterocycles. The van der Waals surface area contributed by atoms with Crippen LogP contribution in [0.4, 0.5) is 0 Å². The molecule has 0 spiro atoms. The van der Waals surface area contributed by atoms with Crippen molar-refractivity contribution in [3.8, 4) is 0 Å². The van der Waals surface area contributed by atoms with Gasteiger partial charge < -0.3 is 4.90 Å². The lowest BCUT2D eigenvalue weighted by Crippen LogP contribution is -2.24. The fraction of sp³-hybridized carbons (Fsp3) is 0.417. The zero-order valence-corrected chi connectivity index (χ0v) is 10.5. The van der Waals surface area contributed by atoms with Crippen LogP contribution in [0.5, 0.6) is 0 Å². The fourth-order valence-corrected chi connectivity index (χ4v) is 1.72. The van der Waals surface area contributed by atoms with Gasteiger partial charge in [0, 0.05) is 33.3 Å². The van der Waals surface area contributed by atoms with Gasteiger partial charge in [0.2, 0.25) is 5.91 Å². The molecule has 0 N–H and O–H groups in total. The monoisotopic (exact) mass is 248 g/mol. The highest BCUT2D eigenvalue weighted by Crippen LogP contribution is 1.98. The minimum atomic E-state index is -0.164. The average molecular weight is 248 g/mol. The molecule has 18 heavy (non-hydrogen) atoms. The topological polar surface area (TPSA) is 59.6 Å². The van der Waals surface area contributed by atoms with Crippen molar-refractivity contribution in [3.63, 3.8) is 0 Å². The molecule has 2 rings (SSSR count). The van der Waals surface area contributed by atoms with Gasteiger partial charge in [0.05, 0.1) is 0 Å². The van der Waals surface area contributed by atoms with E-state index >= 15 is 0 Å². The summed E-state index contributed by atoms with van der Waals surface area (Å²) in [7, 11) is 3.44. The molecule has 6 heteroatoms. The summed E-state index contributed by atoms with van der Waals surface area (Å²) in [4.78, 5) is 24.9. The zero-order valence-electron chi connectivity index (χ0n) is 10.5. The molecule has 2 aromatic heterocycles. The Labute approximate surface area is 104 Å². The summed E-state index contributed by atoms with van der Waals surface area (Å²) in [5.74, 6) is 0.0619. The molecule has 1 amide bonds.